The Morgan fingerprint density at radius 2 is 2.08 bits per heavy atom. The van der Waals surface area contributed by atoms with Crippen LogP contribution in [0.5, 0.6) is 0 Å². The molecule has 5 nitrogen and oxygen atoms in total. The zero-order chi connectivity index (χ0) is 17.4. The number of nitrogens with one attached hydrogen (secondary N) is 2. The van der Waals surface area contributed by atoms with E-state index in [4.69, 9.17) is 0 Å². The lowest BCUT2D eigenvalue weighted by Crippen LogP contribution is -2.33. The van der Waals surface area contributed by atoms with Gasteiger partial charge in [-0.1, -0.05) is 12.1 Å². The molecule has 1 aliphatic heterocycles. The quantitative estimate of drug-likeness (QED) is 0.761. The van der Waals surface area contributed by atoms with Gasteiger partial charge in [-0.3, -0.25) is 0 Å². The van der Waals surface area contributed by atoms with Gasteiger partial charge in [-0.15, -0.1) is 10.2 Å². The van der Waals surface area contributed by atoms with E-state index in [1.807, 2.05) is 30.5 Å². The number of alkyl halides is 3. The maximum Gasteiger partial charge on any atom is 0.393 e. The molecule has 2 N–H and O–H groups in total. The molecule has 3 heterocycles. The molecular formula is C17H18F3N5. The van der Waals surface area contributed by atoms with Crippen molar-refractivity contribution in [2.75, 3.05) is 0 Å². The molecular weight excluding hydrogens is 331 g/mol. The number of aromatic nitrogens is 4. The van der Waals surface area contributed by atoms with Gasteiger partial charge in [0.15, 0.2) is 0 Å². The van der Waals surface area contributed by atoms with Gasteiger partial charge >= 0.3 is 6.18 Å². The number of aromatic amines is 1. The van der Waals surface area contributed by atoms with Crippen molar-refractivity contribution < 1.29 is 13.2 Å². The second-order valence-electron chi connectivity index (χ2n) is 6.38. The predicted molar refractivity (Wildman–Crippen MR) is 86.7 cm³/mol. The summed E-state index contributed by atoms with van der Waals surface area (Å²) < 4.78 is 40.6. The maximum atomic E-state index is 13.0. The number of fused-ring (bicyclic) bond motifs is 2. The molecule has 25 heavy (non-hydrogen) atoms. The van der Waals surface area contributed by atoms with E-state index in [0.29, 0.717) is 31.2 Å². The molecule has 1 aromatic carbocycles. The normalized spacial score (nSPS) is 17.8. The number of aryl methyl sites for hydroxylation is 1. The van der Waals surface area contributed by atoms with Gasteiger partial charge < -0.3 is 14.9 Å². The Labute approximate surface area is 142 Å². The van der Waals surface area contributed by atoms with E-state index in [1.165, 1.54) is 0 Å². The summed E-state index contributed by atoms with van der Waals surface area (Å²) >= 11 is 0. The Kier molecular flexibility index (Phi) is 3.99. The fourth-order valence-corrected chi connectivity index (χ4v) is 3.39. The SMILES string of the molecule is FC(F)(F)[C@@H]1CCc2nnc(CNCc3cccc4[nH]ccc34)n2C1. The highest BCUT2D eigenvalue weighted by Crippen LogP contribution is 2.34. The van der Waals surface area contributed by atoms with Crippen molar-refractivity contribution in [3.63, 3.8) is 0 Å². The van der Waals surface area contributed by atoms with E-state index >= 15 is 0 Å². The molecule has 4 rings (SSSR count). The second-order valence-corrected chi connectivity index (χ2v) is 6.38. The molecule has 0 amide bonds. The van der Waals surface area contributed by atoms with Crippen molar-refractivity contribution in [2.24, 2.45) is 5.92 Å². The van der Waals surface area contributed by atoms with E-state index in [2.05, 4.69) is 20.5 Å². The summed E-state index contributed by atoms with van der Waals surface area (Å²) in [4.78, 5) is 3.16. The summed E-state index contributed by atoms with van der Waals surface area (Å²) in [6.45, 7) is 0.911. The first kappa shape index (κ1) is 16.1. The van der Waals surface area contributed by atoms with Crippen LogP contribution in [-0.4, -0.2) is 25.9 Å². The van der Waals surface area contributed by atoms with E-state index in [0.717, 1.165) is 16.5 Å². The van der Waals surface area contributed by atoms with Crippen molar-refractivity contribution >= 4 is 10.9 Å². The van der Waals surface area contributed by atoms with Crippen LogP contribution in [0.2, 0.25) is 0 Å². The van der Waals surface area contributed by atoms with Crippen molar-refractivity contribution in [1.82, 2.24) is 25.1 Å². The minimum absolute atomic E-state index is 0.0871. The molecule has 0 saturated heterocycles. The average molecular weight is 349 g/mol. The predicted octanol–water partition coefficient (Wildman–Crippen LogP) is 3.17. The summed E-state index contributed by atoms with van der Waals surface area (Å²) in [7, 11) is 0. The van der Waals surface area contributed by atoms with E-state index in [-0.39, 0.29) is 13.0 Å². The van der Waals surface area contributed by atoms with Crippen LogP contribution in [0.15, 0.2) is 30.5 Å². The Hall–Kier alpha value is -2.35. The van der Waals surface area contributed by atoms with Gasteiger partial charge in [-0.25, -0.2) is 0 Å². The zero-order valence-electron chi connectivity index (χ0n) is 13.5. The largest absolute Gasteiger partial charge is 0.393 e. The minimum atomic E-state index is -4.17. The molecule has 0 fully saturated rings. The van der Waals surface area contributed by atoms with Gasteiger partial charge in [0.1, 0.15) is 11.6 Å². The maximum absolute atomic E-state index is 13.0. The molecule has 0 unspecified atom stereocenters. The Morgan fingerprint density at radius 3 is 2.92 bits per heavy atom. The summed E-state index contributed by atoms with van der Waals surface area (Å²) in [6, 6.07) is 8.02. The molecule has 0 saturated carbocycles. The minimum Gasteiger partial charge on any atom is -0.361 e. The fourth-order valence-electron chi connectivity index (χ4n) is 3.39. The second kappa shape index (κ2) is 6.18. The molecule has 3 aromatic rings. The van der Waals surface area contributed by atoms with Crippen LogP contribution in [0.3, 0.4) is 0 Å². The highest BCUT2D eigenvalue weighted by molar-refractivity contribution is 5.82. The molecule has 132 valence electrons. The first-order chi connectivity index (χ1) is 12.0. The van der Waals surface area contributed by atoms with Crippen molar-refractivity contribution in [2.45, 2.75) is 38.7 Å². The third-order valence-electron chi connectivity index (χ3n) is 4.77. The van der Waals surface area contributed by atoms with Crippen LogP contribution >= 0.6 is 0 Å². The molecule has 1 aliphatic rings. The number of halogens is 3. The third-order valence-corrected chi connectivity index (χ3v) is 4.77. The Balaban J connectivity index is 1.45. The van der Waals surface area contributed by atoms with Crippen molar-refractivity contribution in [3.05, 3.63) is 47.7 Å². The van der Waals surface area contributed by atoms with Crippen LogP contribution in [-0.2, 0) is 26.1 Å². The topological polar surface area (TPSA) is 58.5 Å². The van der Waals surface area contributed by atoms with Crippen molar-refractivity contribution in [1.29, 1.82) is 0 Å². The summed E-state index contributed by atoms with van der Waals surface area (Å²) in [5.41, 5.74) is 2.19. The van der Waals surface area contributed by atoms with Gasteiger partial charge in [0.25, 0.3) is 0 Å². The Morgan fingerprint density at radius 1 is 1.20 bits per heavy atom. The monoisotopic (exact) mass is 349 g/mol. The first-order valence-electron chi connectivity index (χ1n) is 8.26. The van der Waals surface area contributed by atoms with E-state index < -0.39 is 12.1 Å². The van der Waals surface area contributed by atoms with Crippen LogP contribution in [0.4, 0.5) is 13.2 Å². The van der Waals surface area contributed by atoms with Crippen LogP contribution in [0, 0.1) is 5.92 Å². The molecule has 8 heteroatoms. The number of hydrogen-bond acceptors (Lipinski definition) is 3. The number of nitrogens with zero attached hydrogens (tertiary/aromatic N) is 3. The lowest BCUT2D eigenvalue weighted by Gasteiger charge is -2.26. The van der Waals surface area contributed by atoms with Crippen LogP contribution < -0.4 is 5.32 Å². The Bertz CT molecular complexity index is 880. The molecule has 1 atom stereocenters. The number of benzene rings is 1. The zero-order valence-corrected chi connectivity index (χ0v) is 13.5. The standard InChI is InChI=1S/C17H18F3N5/c18-17(19,20)12-4-5-15-23-24-16(25(15)10-12)9-21-8-11-2-1-3-14-13(11)6-7-22-14/h1-3,6-7,12,21-22H,4-5,8-10H2/t12-/m1/s1. The number of hydrogen-bond donors (Lipinski definition) is 2. The summed E-state index contributed by atoms with van der Waals surface area (Å²) in [6.07, 6.45) is -1.87. The third kappa shape index (κ3) is 3.13. The molecule has 2 aromatic heterocycles. The van der Waals surface area contributed by atoms with Gasteiger partial charge in [-0.2, -0.15) is 13.2 Å². The number of H-pyrrole nitrogens is 1. The van der Waals surface area contributed by atoms with Crippen LogP contribution in [0.25, 0.3) is 10.9 Å². The van der Waals surface area contributed by atoms with Gasteiger partial charge in [-0.05, 0) is 24.1 Å². The highest BCUT2D eigenvalue weighted by atomic mass is 19.4. The highest BCUT2D eigenvalue weighted by Gasteiger charge is 2.42. The van der Waals surface area contributed by atoms with Gasteiger partial charge in [0.2, 0.25) is 0 Å². The van der Waals surface area contributed by atoms with Gasteiger partial charge in [0.05, 0.1) is 12.5 Å². The fraction of sp³-hybridized carbons (Fsp3) is 0.412. The number of rotatable bonds is 4. The molecule has 0 spiro atoms. The smallest absolute Gasteiger partial charge is 0.361 e. The van der Waals surface area contributed by atoms with E-state index in [9.17, 15) is 13.2 Å². The van der Waals surface area contributed by atoms with Gasteiger partial charge in [0, 0.05) is 36.6 Å². The first-order valence-corrected chi connectivity index (χ1v) is 8.26. The summed E-state index contributed by atoms with van der Waals surface area (Å²) in [5, 5.41) is 12.5. The lowest BCUT2D eigenvalue weighted by atomic mass is 9.99. The molecule has 0 radical (unpaired) electrons. The van der Waals surface area contributed by atoms with Crippen LogP contribution in [0.1, 0.15) is 23.6 Å². The lowest BCUT2D eigenvalue weighted by molar-refractivity contribution is -0.182. The van der Waals surface area contributed by atoms with E-state index in [1.54, 1.807) is 4.57 Å². The summed E-state index contributed by atoms with van der Waals surface area (Å²) in [5.74, 6) is -0.112. The molecule has 0 aliphatic carbocycles. The average Bonchev–Trinajstić information content (AvgIpc) is 3.21. The van der Waals surface area contributed by atoms with Crippen molar-refractivity contribution in [3.8, 4) is 0 Å². The molecule has 0 bridgehead atoms.